The summed E-state index contributed by atoms with van der Waals surface area (Å²) < 4.78 is 66.8. The van der Waals surface area contributed by atoms with Crippen LogP contribution in [0.15, 0.2) is 91.9 Å². The molecular formula is C19H14IN5NaO8S2. The van der Waals surface area contributed by atoms with Gasteiger partial charge in [0.15, 0.2) is 0 Å². The van der Waals surface area contributed by atoms with Gasteiger partial charge in [0.1, 0.15) is 4.90 Å². The van der Waals surface area contributed by atoms with Gasteiger partial charge in [0.2, 0.25) is 5.84 Å². The second kappa shape index (κ2) is 12.3. The van der Waals surface area contributed by atoms with E-state index in [4.69, 9.17) is 0 Å². The summed E-state index contributed by atoms with van der Waals surface area (Å²) in [5.41, 5.74) is 2.76. The number of benzene rings is 3. The van der Waals surface area contributed by atoms with Crippen LogP contribution in [0.2, 0.25) is 0 Å². The SMILES string of the molecule is O=[N+]([O-])c1ccc(N=N/C(=N\Nc2ccc(I)cc2)c2ccc(S(=O)(=O)O)cc2S(=O)(=O)O)cc1.[Na]. The number of hydrogen-bond acceptors (Lipinski definition) is 9. The van der Waals surface area contributed by atoms with Crippen molar-refractivity contribution in [2.75, 3.05) is 5.43 Å². The number of nitro groups is 1. The van der Waals surface area contributed by atoms with E-state index < -0.39 is 40.8 Å². The molecule has 13 nitrogen and oxygen atoms in total. The van der Waals surface area contributed by atoms with Gasteiger partial charge in [-0.1, -0.05) is 0 Å². The van der Waals surface area contributed by atoms with Gasteiger partial charge < -0.3 is 0 Å². The van der Waals surface area contributed by atoms with Crippen molar-refractivity contribution in [1.82, 2.24) is 0 Å². The van der Waals surface area contributed by atoms with E-state index in [2.05, 4.69) is 43.3 Å². The van der Waals surface area contributed by atoms with Crippen LogP contribution >= 0.6 is 22.6 Å². The normalized spacial score (nSPS) is 12.2. The molecule has 1 radical (unpaired) electrons. The Morgan fingerprint density at radius 3 is 2.06 bits per heavy atom. The van der Waals surface area contributed by atoms with Crippen molar-refractivity contribution >= 4 is 95.3 Å². The first-order valence-corrected chi connectivity index (χ1v) is 13.2. The maximum atomic E-state index is 12.0. The maximum Gasteiger partial charge on any atom is 0.295 e. The van der Waals surface area contributed by atoms with Crippen molar-refractivity contribution in [3.05, 3.63) is 86.0 Å². The molecule has 0 fully saturated rings. The van der Waals surface area contributed by atoms with E-state index in [-0.39, 0.29) is 46.5 Å². The molecule has 0 bridgehead atoms. The molecule has 0 spiro atoms. The van der Waals surface area contributed by atoms with Gasteiger partial charge in [-0.25, -0.2) is 0 Å². The molecule has 0 heterocycles. The van der Waals surface area contributed by atoms with Crippen LogP contribution < -0.4 is 5.43 Å². The van der Waals surface area contributed by atoms with Crippen molar-refractivity contribution in [2.45, 2.75) is 9.79 Å². The monoisotopic (exact) mass is 654 g/mol. The van der Waals surface area contributed by atoms with Gasteiger partial charge in [-0.2, -0.15) is 21.9 Å². The summed E-state index contributed by atoms with van der Waals surface area (Å²) in [6.45, 7) is 0. The van der Waals surface area contributed by atoms with Crippen LogP contribution in [0.1, 0.15) is 5.56 Å². The first-order valence-electron chi connectivity index (χ1n) is 9.19. The van der Waals surface area contributed by atoms with Gasteiger partial charge in [-0.3, -0.25) is 24.6 Å². The fraction of sp³-hybridized carbons (Fsp3) is 0. The van der Waals surface area contributed by atoms with E-state index in [1.165, 1.54) is 24.3 Å². The molecule has 3 aromatic carbocycles. The third-order valence-electron chi connectivity index (χ3n) is 4.23. The molecule has 17 heteroatoms. The average molecular weight is 654 g/mol. The van der Waals surface area contributed by atoms with Crippen molar-refractivity contribution in [3.8, 4) is 0 Å². The quantitative estimate of drug-likeness (QED) is 0.0494. The van der Waals surface area contributed by atoms with Crippen LogP contribution in [0.3, 0.4) is 0 Å². The average Bonchev–Trinajstić information content (AvgIpc) is 2.79. The Morgan fingerprint density at radius 1 is 0.917 bits per heavy atom. The molecule has 0 saturated carbocycles. The van der Waals surface area contributed by atoms with Crippen molar-refractivity contribution in [3.63, 3.8) is 0 Å². The van der Waals surface area contributed by atoms with Crippen LogP contribution in [0.4, 0.5) is 17.1 Å². The summed E-state index contributed by atoms with van der Waals surface area (Å²) in [4.78, 5) is 8.52. The number of amidine groups is 1. The maximum absolute atomic E-state index is 12.0. The van der Waals surface area contributed by atoms with E-state index in [9.17, 15) is 36.1 Å². The molecule has 0 amide bonds. The number of non-ortho nitro benzene ring substituents is 1. The predicted octanol–water partition coefficient (Wildman–Crippen LogP) is 3.87. The van der Waals surface area contributed by atoms with E-state index in [1.807, 2.05) is 0 Å². The third kappa shape index (κ3) is 8.10. The van der Waals surface area contributed by atoms with Gasteiger partial charge in [-0.05, 0) is 77.2 Å². The Labute approximate surface area is 240 Å². The summed E-state index contributed by atoms with van der Waals surface area (Å²) in [7, 11) is -9.80. The minimum absolute atomic E-state index is 0. The number of nitro benzene ring substituents is 1. The molecule has 0 aliphatic rings. The Morgan fingerprint density at radius 2 is 1.53 bits per heavy atom. The van der Waals surface area contributed by atoms with Gasteiger partial charge in [0.05, 0.1) is 21.2 Å². The zero-order chi connectivity index (χ0) is 25.8. The Bertz CT molecular complexity index is 1550. The minimum Gasteiger partial charge on any atom is -0.282 e. The molecule has 0 aromatic heterocycles. The van der Waals surface area contributed by atoms with Crippen LogP contribution in [-0.2, 0) is 20.2 Å². The molecule has 0 aliphatic heterocycles. The van der Waals surface area contributed by atoms with E-state index in [0.29, 0.717) is 11.8 Å². The van der Waals surface area contributed by atoms with Gasteiger partial charge in [0, 0.05) is 50.8 Å². The standard InChI is InChI=1S/C19H14IN5O8S2.Na/c20-12-1-3-13(4-2-12)21-23-19(24-22-14-5-7-15(8-6-14)25(26)27)17-10-9-16(34(28,29)30)11-18(17)35(31,32)33;/h1-11,21H,(H,28,29,30)(H,31,32,33);/b23-19-,24-22?;. The van der Waals surface area contributed by atoms with Gasteiger partial charge >= 0.3 is 0 Å². The first-order chi connectivity index (χ1) is 16.3. The van der Waals surface area contributed by atoms with Crippen LogP contribution in [0.5, 0.6) is 0 Å². The molecule has 3 aromatic rings. The third-order valence-corrected chi connectivity index (χ3v) is 6.69. The van der Waals surface area contributed by atoms with Crippen LogP contribution in [-0.4, -0.2) is 66.3 Å². The van der Waals surface area contributed by atoms with Crippen molar-refractivity contribution in [1.29, 1.82) is 0 Å². The molecule has 0 atom stereocenters. The van der Waals surface area contributed by atoms with Crippen LogP contribution in [0.25, 0.3) is 0 Å². The molecular weight excluding hydrogens is 640 g/mol. The van der Waals surface area contributed by atoms with E-state index >= 15 is 0 Å². The van der Waals surface area contributed by atoms with E-state index in [0.717, 1.165) is 15.7 Å². The predicted molar refractivity (Wildman–Crippen MR) is 139 cm³/mol. The Hall–Kier alpha value is -2.32. The zero-order valence-electron chi connectivity index (χ0n) is 18.2. The number of halogens is 1. The molecule has 3 rings (SSSR count). The van der Waals surface area contributed by atoms with Crippen LogP contribution in [0, 0.1) is 13.7 Å². The summed E-state index contributed by atoms with van der Waals surface area (Å²) in [6.07, 6.45) is 0. The molecule has 3 N–H and O–H groups in total. The topological polar surface area (TPSA) is 201 Å². The Balaban J connectivity index is 0.00000456. The number of azo groups is 1. The fourth-order valence-electron chi connectivity index (χ4n) is 2.59. The van der Waals surface area contributed by atoms with Gasteiger partial charge in [-0.15, -0.1) is 10.2 Å². The number of nitrogens with zero attached hydrogens (tertiary/aromatic N) is 4. The minimum atomic E-state index is -5.01. The number of anilines is 1. The summed E-state index contributed by atoms with van der Waals surface area (Å²) >= 11 is 2.09. The smallest absolute Gasteiger partial charge is 0.282 e. The number of rotatable bonds is 7. The second-order valence-corrected chi connectivity index (χ2v) is 10.7. The fourth-order valence-corrected chi connectivity index (χ4v) is 4.24. The molecule has 36 heavy (non-hydrogen) atoms. The zero-order valence-corrected chi connectivity index (χ0v) is 24.0. The van der Waals surface area contributed by atoms with Crippen molar-refractivity contribution < 1.29 is 30.9 Å². The summed E-state index contributed by atoms with van der Waals surface area (Å²) in [6, 6.07) is 14.2. The number of hydrazone groups is 1. The molecule has 0 unspecified atom stereocenters. The largest absolute Gasteiger partial charge is 0.295 e. The van der Waals surface area contributed by atoms with Crippen molar-refractivity contribution in [2.24, 2.45) is 15.3 Å². The van der Waals surface area contributed by atoms with E-state index in [1.54, 1.807) is 24.3 Å². The summed E-state index contributed by atoms with van der Waals surface area (Å²) in [5.74, 6) is -0.392. The first kappa shape index (κ1) is 29.9. The number of hydrogen-bond donors (Lipinski definition) is 3. The molecule has 0 saturated heterocycles. The Kier molecular flexibility index (Phi) is 10.2. The van der Waals surface area contributed by atoms with Gasteiger partial charge in [0.25, 0.3) is 25.9 Å². The number of nitrogens with one attached hydrogen (secondary N) is 1. The summed E-state index contributed by atoms with van der Waals surface area (Å²) in [5, 5.41) is 22.6. The molecule has 0 aliphatic carbocycles. The molecule has 183 valence electrons. The second-order valence-electron chi connectivity index (χ2n) is 6.64.